The third kappa shape index (κ3) is 10.5. The number of aliphatic hydroxyl groups excluding tert-OH is 1. The van der Waals surface area contributed by atoms with E-state index in [1.54, 1.807) is 35.2 Å². The predicted octanol–water partition coefficient (Wildman–Crippen LogP) is 7.74. The number of aryl methyl sites for hydroxylation is 1. The number of ether oxygens (including phenoxy) is 2. The van der Waals surface area contributed by atoms with Crippen molar-refractivity contribution in [3.05, 3.63) is 124 Å². The second-order valence-electron chi connectivity index (χ2n) is 12.7. The number of aromatic nitrogens is 2. The molecule has 1 saturated heterocycles. The van der Waals surface area contributed by atoms with Gasteiger partial charge in [-0.15, -0.1) is 10.2 Å². The van der Waals surface area contributed by atoms with E-state index in [2.05, 4.69) is 45.1 Å². The van der Waals surface area contributed by atoms with Crippen molar-refractivity contribution in [2.24, 2.45) is 0 Å². The Morgan fingerprint density at radius 1 is 0.865 bits per heavy atom. The smallest absolute Gasteiger partial charge is 0.224 e. The Labute approximate surface area is 312 Å². The van der Waals surface area contributed by atoms with Crippen LogP contribution in [0.4, 0.5) is 11.4 Å². The quantitative estimate of drug-likeness (QED) is 0.0481. The van der Waals surface area contributed by atoms with Crippen molar-refractivity contribution in [3.63, 3.8) is 0 Å². The third-order valence-electron chi connectivity index (χ3n) is 8.74. The first-order valence-electron chi connectivity index (χ1n) is 17.4. The molecule has 1 fully saturated rings. The number of carbonyl (C=O) groups excluding carboxylic acids is 2. The van der Waals surface area contributed by atoms with Crippen LogP contribution in [0.5, 0.6) is 0 Å². The van der Waals surface area contributed by atoms with E-state index in [4.69, 9.17) is 15.2 Å². The van der Waals surface area contributed by atoms with E-state index < -0.39 is 6.29 Å². The van der Waals surface area contributed by atoms with Crippen molar-refractivity contribution >= 4 is 46.3 Å². The zero-order chi connectivity index (χ0) is 36.3. The number of rotatable bonds is 15. The van der Waals surface area contributed by atoms with Gasteiger partial charge in [0, 0.05) is 37.1 Å². The fraction of sp³-hybridized carbons (Fsp3) is 0.300. The standard InChI is InChI=1S/C40H43N5O5S2/c1-26-44-45-40(52-26)51-25-33-22-36(30-15-13-27(24-46)14-16-30)50-39(49-33)31-19-17-29(18-20-31)32-8-6-7-28(21-32)23-42-37(47)11-4-5-12-38(48)43-35-10-3-2-9-34(35)41/h2-3,6-10,13-21,33,36,39,46H,4-5,11-12,22-25,41H2,1H3,(H,42,47)(H,43,48)/t33-,36+,39+/m0/s1. The first kappa shape index (κ1) is 37.2. The normalized spacial score (nSPS) is 17.1. The molecule has 0 aliphatic carbocycles. The fourth-order valence-corrected chi connectivity index (χ4v) is 7.76. The van der Waals surface area contributed by atoms with Gasteiger partial charge < -0.3 is 30.9 Å². The Hall–Kier alpha value is -4.59. The Balaban J connectivity index is 1.02. The Bertz CT molecular complexity index is 1940. The molecule has 0 unspecified atom stereocenters. The summed E-state index contributed by atoms with van der Waals surface area (Å²) in [5, 5.41) is 24.7. The highest BCUT2D eigenvalue weighted by Gasteiger charge is 2.32. The van der Waals surface area contributed by atoms with Crippen molar-refractivity contribution < 1.29 is 24.2 Å². The lowest BCUT2D eigenvalue weighted by molar-refractivity contribution is -0.245. The van der Waals surface area contributed by atoms with Crippen molar-refractivity contribution in [1.29, 1.82) is 0 Å². The van der Waals surface area contributed by atoms with E-state index in [0.29, 0.717) is 50.0 Å². The minimum atomic E-state index is -0.550. The van der Waals surface area contributed by atoms with E-state index in [-0.39, 0.29) is 30.6 Å². The Kier molecular flexibility index (Phi) is 13.0. The van der Waals surface area contributed by atoms with Crippen LogP contribution in [0.1, 0.15) is 71.8 Å². The number of anilines is 2. The molecule has 1 aliphatic rings. The lowest BCUT2D eigenvalue weighted by Crippen LogP contribution is -2.31. The third-order valence-corrected chi connectivity index (χ3v) is 10.8. The van der Waals surface area contributed by atoms with Crippen LogP contribution in [-0.4, -0.2) is 39.0 Å². The Morgan fingerprint density at radius 2 is 1.62 bits per heavy atom. The summed E-state index contributed by atoms with van der Waals surface area (Å²) in [7, 11) is 0. The van der Waals surface area contributed by atoms with Crippen LogP contribution in [0.15, 0.2) is 101 Å². The van der Waals surface area contributed by atoms with Crippen LogP contribution in [0.25, 0.3) is 11.1 Å². The highest BCUT2D eigenvalue weighted by Crippen LogP contribution is 2.40. The maximum absolute atomic E-state index is 12.6. The molecule has 5 N–H and O–H groups in total. The number of hydrogen-bond donors (Lipinski definition) is 4. The molecular weight excluding hydrogens is 695 g/mol. The molecule has 2 heterocycles. The van der Waals surface area contributed by atoms with Gasteiger partial charge in [-0.2, -0.15) is 0 Å². The van der Waals surface area contributed by atoms with Gasteiger partial charge in [-0.1, -0.05) is 102 Å². The van der Waals surface area contributed by atoms with Crippen molar-refractivity contribution in [2.75, 3.05) is 16.8 Å². The van der Waals surface area contributed by atoms with Gasteiger partial charge in [-0.3, -0.25) is 9.59 Å². The molecule has 12 heteroatoms. The summed E-state index contributed by atoms with van der Waals surface area (Å²) in [6.07, 6.45) is 1.81. The van der Waals surface area contributed by atoms with Gasteiger partial charge >= 0.3 is 0 Å². The molecule has 0 saturated carbocycles. The van der Waals surface area contributed by atoms with Crippen molar-refractivity contribution in [3.8, 4) is 11.1 Å². The fourth-order valence-electron chi connectivity index (χ4n) is 5.90. The number of para-hydroxylation sites is 2. The number of nitrogens with one attached hydrogen (secondary N) is 2. The first-order valence-corrected chi connectivity index (χ1v) is 19.2. The molecule has 10 nitrogen and oxygen atoms in total. The topological polar surface area (TPSA) is 149 Å². The van der Waals surface area contributed by atoms with E-state index in [9.17, 15) is 14.7 Å². The second-order valence-corrected chi connectivity index (χ2v) is 15.1. The van der Waals surface area contributed by atoms with Gasteiger partial charge in [0.15, 0.2) is 10.6 Å². The molecule has 2 amide bonds. The van der Waals surface area contributed by atoms with Crippen LogP contribution < -0.4 is 16.4 Å². The number of thioether (sulfide) groups is 1. The van der Waals surface area contributed by atoms with Crippen LogP contribution in [0.3, 0.4) is 0 Å². The molecule has 1 aromatic heterocycles. The summed E-state index contributed by atoms with van der Waals surface area (Å²) in [6.45, 7) is 2.36. The van der Waals surface area contributed by atoms with Gasteiger partial charge in [0.25, 0.3) is 0 Å². The number of unbranched alkanes of at least 4 members (excludes halogenated alkanes) is 1. The van der Waals surface area contributed by atoms with Crippen LogP contribution in [0.2, 0.25) is 0 Å². The molecule has 6 rings (SSSR count). The van der Waals surface area contributed by atoms with Crippen molar-refractivity contribution in [1.82, 2.24) is 15.5 Å². The lowest BCUT2D eigenvalue weighted by atomic mass is 9.99. The molecule has 3 atom stereocenters. The number of carbonyl (C=O) groups is 2. The van der Waals surface area contributed by atoms with Crippen LogP contribution >= 0.6 is 23.1 Å². The molecule has 0 bridgehead atoms. The average Bonchev–Trinajstić information content (AvgIpc) is 3.60. The summed E-state index contributed by atoms with van der Waals surface area (Å²) in [4.78, 5) is 24.8. The van der Waals surface area contributed by atoms with Crippen molar-refractivity contribution in [2.45, 2.75) is 75.0 Å². The number of amides is 2. The molecule has 1 aliphatic heterocycles. The van der Waals surface area contributed by atoms with Gasteiger partial charge in [0.2, 0.25) is 11.8 Å². The van der Waals surface area contributed by atoms with E-state index >= 15 is 0 Å². The summed E-state index contributed by atoms with van der Waals surface area (Å²) in [5.74, 6) is 0.561. The molecule has 5 aromatic rings. The maximum Gasteiger partial charge on any atom is 0.224 e. The van der Waals surface area contributed by atoms with E-state index in [1.165, 1.54) is 0 Å². The summed E-state index contributed by atoms with van der Waals surface area (Å²) >= 11 is 3.23. The number of hydrogen-bond acceptors (Lipinski definition) is 10. The summed E-state index contributed by atoms with van der Waals surface area (Å²) in [6, 6.07) is 31.4. The second kappa shape index (κ2) is 18.3. The number of nitrogens with two attached hydrogens (primary N) is 1. The number of benzene rings is 4. The first-order chi connectivity index (χ1) is 25.3. The number of aliphatic hydroxyl groups is 1. The van der Waals surface area contributed by atoms with Gasteiger partial charge in [0.05, 0.1) is 30.2 Å². The molecular formula is C40H43N5O5S2. The molecule has 0 spiro atoms. The highest BCUT2D eigenvalue weighted by atomic mass is 32.2. The predicted molar refractivity (Wildman–Crippen MR) is 205 cm³/mol. The van der Waals surface area contributed by atoms with Gasteiger partial charge in [-0.25, -0.2) is 0 Å². The molecule has 52 heavy (non-hydrogen) atoms. The van der Waals surface area contributed by atoms with Gasteiger partial charge in [-0.05, 0) is 65.8 Å². The monoisotopic (exact) mass is 737 g/mol. The average molecular weight is 738 g/mol. The molecule has 0 radical (unpaired) electrons. The highest BCUT2D eigenvalue weighted by molar-refractivity contribution is 8.01. The molecule has 270 valence electrons. The maximum atomic E-state index is 12.6. The molecule has 4 aromatic carbocycles. The largest absolute Gasteiger partial charge is 0.397 e. The number of nitrogens with zero attached hydrogens (tertiary/aromatic N) is 2. The van der Waals surface area contributed by atoms with Crippen LogP contribution in [0, 0.1) is 6.92 Å². The minimum Gasteiger partial charge on any atom is -0.397 e. The number of nitrogen functional groups attached to an aromatic ring is 1. The van der Waals surface area contributed by atoms with Gasteiger partial charge in [0.1, 0.15) is 5.01 Å². The lowest BCUT2D eigenvalue weighted by Gasteiger charge is -2.36. The van der Waals surface area contributed by atoms with E-state index in [1.807, 2.05) is 67.6 Å². The Morgan fingerprint density at radius 3 is 2.35 bits per heavy atom. The summed E-state index contributed by atoms with van der Waals surface area (Å²) in [5.41, 5.74) is 12.9. The summed E-state index contributed by atoms with van der Waals surface area (Å²) < 4.78 is 14.0. The van der Waals surface area contributed by atoms with Crippen LogP contribution in [-0.2, 0) is 32.2 Å². The minimum absolute atomic E-state index is 0.00245. The zero-order valence-corrected chi connectivity index (χ0v) is 30.6. The van der Waals surface area contributed by atoms with E-state index in [0.717, 1.165) is 48.5 Å². The zero-order valence-electron chi connectivity index (χ0n) is 29.0. The SMILES string of the molecule is Cc1nnc(SC[C@@H]2C[C@H](c3ccc(CO)cc3)O[C@H](c3ccc(-c4cccc(CNC(=O)CCCCC(=O)Nc5ccccc5N)c4)cc3)O2)s1.